The van der Waals surface area contributed by atoms with Crippen molar-refractivity contribution in [3.63, 3.8) is 0 Å². The van der Waals surface area contributed by atoms with Gasteiger partial charge in [-0.3, -0.25) is 4.79 Å². The number of aromatic hydroxyl groups is 1. The number of H-pyrrole nitrogens is 1. The molecular formula is C13H21NO2S. The number of nitrogens with one attached hydrogen (secondary N) is 1. The number of rotatable bonds is 1. The minimum atomic E-state index is -0.119. The Hall–Kier alpha value is -1.29. The first-order valence-electron chi connectivity index (χ1n) is 6.06. The highest BCUT2D eigenvalue weighted by molar-refractivity contribution is 7.16. The highest BCUT2D eigenvalue weighted by atomic mass is 32.1. The Bertz CT molecular complexity index is 500. The number of aromatic amines is 1. The lowest BCUT2D eigenvalue weighted by Crippen LogP contribution is -1.89. The summed E-state index contributed by atoms with van der Waals surface area (Å²) < 4.78 is 0.868. The van der Waals surface area contributed by atoms with E-state index in [0.29, 0.717) is 5.52 Å². The molecule has 1 heterocycles. The number of hydrogen-bond donors (Lipinski definition) is 2. The second-order valence-electron chi connectivity index (χ2n) is 2.82. The first-order valence-corrected chi connectivity index (χ1v) is 6.87. The molecule has 2 N–H and O–H groups in total. The molecule has 2 aromatic rings. The van der Waals surface area contributed by atoms with Gasteiger partial charge in [-0.05, 0) is 18.1 Å². The Balaban J connectivity index is 0.000000581. The summed E-state index contributed by atoms with van der Waals surface area (Å²) in [7, 11) is 0. The first-order chi connectivity index (χ1) is 8.22. The molecule has 4 heteroatoms. The van der Waals surface area contributed by atoms with Crippen molar-refractivity contribution in [2.45, 2.75) is 41.0 Å². The van der Waals surface area contributed by atoms with Crippen LogP contribution in [0.5, 0.6) is 5.75 Å². The number of phenolic OH excluding ortho intramolecular Hbond substituents is 1. The summed E-state index contributed by atoms with van der Waals surface area (Å²) in [6.45, 7) is 10.0. The van der Waals surface area contributed by atoms with Gasteiger partial charge in [-0.25, -0.2) is 0 Å². The van der Waals surface area contributed by atoms with Gasteiger partial charge in [0.05, 0.1) is 4.70 Å². The molecular weight excluding hydrogens is 234 g/mol. The Kier molecular flexibility index (Phi) is 7.30. The summed E-state index contributed by atoms with van der Waals surface area (Å²) in [6, 6.07) is 3.46. The predicted molar refractivity (Wildman–Crippen MR) is 76.2 cm³/mol. The fourth-order valence-electron chi connectivity index (χ4n) is 1.35. The van der Waals surface area contributed by atoms with E-state index in [0.717, 1.165) is 28.0 Å². The lowest BCUT2D eigenvalue weighted by atomic mass is 10.1. The van der Waals surface area contributed by atoms with Crippen LogP contribution in [0, 0.1) is 0 Å². The monoisotopic (exact) mass is 255 g/mol. The van der Waals surface area contributed by atoms with Gasteiger partial charge in [0.1, 0.15) is 11.3 Å². The van der Waals surface area contributed by atoms with Crippen molar-refractivity contribution in [2.75, 3.05) is 0 Å². The first kappa shape index (κ1) is 15.7. The fourth-order valence-corrected chi connectivity index (χ4v) is 2.29. The van der Waals surface area contributed by atoms with Gasteiger partial charge >= 0.3 is 4.87 Å². The van der Waals surface area contributed by atoms with Crippen LogP contribution in [0.2, 0.25) is 0 Å². The Morgan fingerprint density at radius 2 is 1.82 bits per heavy atom. The number of fused-ring (bicyclic) bond motifs is 1. The zero-order valence-corrected chi connectivity index (χ0v) is 11.9. The third kappa shape index (κ3) is 3.60. The summed E-state index contributed by atoms with van der Waals surface area (Å²) in [4.78, 5) is 13.6. The van der Waals surface area contributed by atoms with Crippen LogP contribution in [0.3, 0.4) is 0 Å². The van der Waals surface area contributed by atoms with E-state index in [9.17, 15) is 9.90 Å². The van der Waals surface area contributed by atoms with Gasteiger partial charge in [0.15, 0.2) is 0 Å². The van der Waals surface area contributed by atoms with Gasteiger partial charge in [0, 0.05) is 0 Å². The van der Waals surface area contributed by atoms with Crippen molar-refractivity contribution in [1.29, 1.82) is 0 Å². The van der Waals surface area contributed by atoms with Crippen molar-refractivity contribution in [1.82, 2.24) is 4.98 Å². The largest absolute Gasteiger partial charge is 0.506 e. The Morgan fingerprint density at radius 3 is 2.35 bits per heavy atom. The summed E-state index contributed by atoms with van der Waals surface area (Å²) in [5.41, 5.74) is 1.66. The van der Waals surface area contributed by atoms with E-state index >= 15 is 0 Å². The number of aromatic nitrogens is 1. The molecule has 0 saturated carbocycles. The van der Waals surface area contributed by atoms with E-state index in [2.05, 4.69) is 4.98 Å². The molecule has 2 rings (SSSR count). The van der Waals surface area contributed by atoms with Gasteiger partial charge in [0.2, 0.25) is 0 Å². The predicted octanol–water partition coefficient (Wildman–Crippen LogP) is 3.91. The topological polar surface area (TPSA) is 53.1 Å². The molecule has 1 aromatic carbocycles. The third-order valence-corrected chi connectivity index (χ3v) is 2.98. The molecule has 0 saturated heterocycles. The molecule has 17 heavy (non-hydrogen) atoms. The normalized spacial score (nSPS) is 9.00. The van der Waals surface area contributed by atoms with E-state index in [1.165, 1.54) is 0 Å². The molecule has 0 unspecified atom stereocenters. The molecule has 0 bridgehead atoms. The maximum atomic E-state index is 11.1. The van der Waals surface area contributed by atoms with Crippen molar-refractivity contribution in [3.05, 3.63) is 27.4 Å². The zero-order valence-electron chi connectivity index (χ0n) is 11.1. The Morgan fingerprint density at radius 1 is 1.24 bits per heavy atom. The summed E-state index contributed by atoms with van der Waals surface area (Å²) in [6.07, 6.45) is 0.866. The molecule has 0 amide bonds. The van der Waals surface area contributed by atoms with Gasteiger partial charge in [-0.2, -0.15) is 0 Å². The van der Waals surface area contributed by atoms with Gasteiger partial charge in [-0.15, -0.1) is 0 Å². The number of hydrogen-bond acceptors (Lipinski definition) is 3. The summed E-state index contributed by atoms with van der Waals surface area (Å²) >= 11 is 1.15. The molecule has 0 aliphatic carbocycles. The number of phenols is 1. The Labute approximate surface area is 106 Å². The molecule has 0 aliphatic rings. The standard InChI is InChI=1S/C9H9NO2S.2C2H6/c1-2-5-3-4-6(11)7-8(5)13-9(12)10-7;2*1-2/h3-4,11H,2H2,1H3,(H,10,12);2*1-2H3. The average molecular weight is 255 g/mol. The number of benzene rings is 1. The van der Waals surface area contributed by atoms with E-state index in [4.69, 9.17) is 0 Å². The lowest BCUT2D eigenvalue weighted by molar-refractivity contribution is 0.480. The van der Waals surface area contributed by atoms with Gasteiger partial charge in [0.25, 0.3) is 0 Å². The molecule has 0 atom stereocenters. The van der Waals surface area contributed by atoms with E-state index in [1.54, 1.807) is 6.07 Å². The smallest absolute Gasteiger partial charge is 0.305 e. The number of aryl methyl sites for hydroxylation is 1. The molecule has 1 aromatic heterocycles. The minimum absolute atomic E-state index is 0.119. The molecule has 0 spiro atoms. The molecule has 0 aliphatic heterocycles. The summed E-state index contributed by atoms with van der Waals surface area (Å²) in [5.74, 6) is 0.144. The van der Waals surface area contributed by atoms with Crippen LogP contribution in [0.1, 0.15) is 40.2 Å². The number of thiazole rings is 1. The van der Waals surface area contributed by atoms with Crippen LogP contribution in [0.4, 0.5) is 0 Å². The van der Waals surface area contributed by atoms with Crippen LogP contribution >= 0.6 is 11.3 Å². The molecule has 96 valence electrons. The van der Waals surface area contributed by atoms with Crippen molar-refractivity contribution < 1.29 is 5.11 Å². The van der Waals surface area contributed by atoms with E-state index < -0.39 is 0 Å². The van der Waals surface area contributed by atoms with Crippen molar-refractivity contribution >= 4 is 21.6 Å². The molecule has 3 nitrogen and oxygen atoms in total. The van der Waals surface area contributed by atoms with Crippen LogP contribution in [0.15, 0.2) is 16.9 Å². The second kappa shape index (κ2) is 7.90. The van der Waals surface area contributed by atoms with E-state index in [-0.39, 0.29) is 10.6 Å². The van der Waals surface area contributed by atoms with Crippen LogP contribution in [-0.4, -0.2) is 10.1 Å². The SMILES string of the molecule is CC.CC.CCc1ccc(O)c2[nH]c(=O)sc12. The fraction of sp³-hybridized carbons (Fsp3) is 0.462. The van der Waals surface area contributed by atoms with Crippen LogP contribution in [-0.2, 0) is 6.42 Å². The molecule has 0 radical (unpaired) electrons. The zero-order chi connectivity index (χ0) is 13.4. The maximum Gasteiger partial charge on any atom is 0.305 e. The molecule has 0 fully saturated rings. The lowest BCUT2D eigenvalue weighted by Gasteiger charge is -1.99. The van der Waals surface area contributed by atoms with Crippen LogP contribution < -0.4 is 4.87 Å². The van der Waals surface area contributed by atoms with Crippen molar-refractivity contribution in [2.24, 2.45) is 0 Å². The average Bonchev–Trinajstić information content (AvgIpc) is 2.77. The van der Waals surface area contributed by atoms with Gasteiger partial charge < -0.3 is 10.1 Å². The summed E-state index contributed by atoms with van der Waals surface area (Å²) in [5, 5.41) is 9.44. The van der Waals surface area contributed by atoms with E-state index in [1.807, 2.05) is 40.7 Å². The quantitative estimate of drug-likeness (QED) is 0.811. The second-order valence-corrected chi connectivity index (χ2v) is 3.80. The van der Waals surface area contributed by atoms with Crippen LogP contribution in [0.25, 0.3) is 10.2 Å². The maximum absolute atomic E-state index is 11.1. The highest BCUT2D eigenvalue weighted by Gasteiger charge is 2.07. The van der Waals surface area contributed by atoms with Crippen molar-refractivity contribution in [3.8, 4) is 5.75 Å². The minimum Gasteiger partial charge on any atom is -0.506 e. The van der Waals surface area contributed by atoms with Gasteiger partial charge in [-0.1, -0.05) is 52.0 Å². The third-order valence-electron chi connectivity index (χ3n) is 2.02. The highest BCUT2D eigenvalue weighted by Crippen LogP contribution is 2.27.